The summed E-state index contributed by atoms with van der Waals surface area (Å²) >= 11 is 0. The van der Waals surface area contributed by atoms with E-state index in [1.165, 1.54) is 57.8 Å². The average molecular weight is 307 g/mol. The van der Waals surface area contributed by atoms with Gasteiger partial charge in [-0.25, -0.2) is 0 Å². The molecule has 0 aromatic carbocycles. The molecule has 0 radical (unpaired) electrons. The van der Waals surface area contributed by atoms with E-state index < -0.39 is 0 Å². The van der Waals surface area contributed by atoms with Gasteiger partial charge in [0, 0.05) is 31.2 Å². The molecule has 1 heterocycles. The van der Waals surface area contributed by atoms with Gasteiger partial charge in [0.1, 0.15) is 0 Å². The number of carbonyl (C=O) groups is 1. The van der Waals surface area contributed by atoms with E-state index in [0.29, 0.717) is 12.6 Å². The van der Waals surface area contributed by atoms with E-state index in [-0.39, 0.29) is 11.4 Å². The minimum absolute atomic E-state index is 0.256. The Labute approximate surface area is 135 Å². The first-order chi connectivity index (χ1) is 10.7. The van der Waals surface area contributed by atoms with Crippen LogP contribution in [0.15, 0.2) is 0 Å². The predicted octanol–water partition coefficient (Wildman–Crippen LogP) is 2.29. The number of amides is 1. The van der Waals surface area contributed by atoms with Gasteiger partial charge in [-0.15, -0.1) is 0 Å². The van der Waals surface area contributed by atoms with Crippen LogP contribution in [0.4, 0.5) is 0 Å². The van der Waals surface area contributed by atoms with Crippen molar-refractivity contribution in [3.8, 4) is 0 Å². The Morgan fingerprint density at radius 1 is 1.18 bits per heavy atom. The van der Waals surface area contributed by atoms with Crippen molar-refractivity contribution in [2.45, 2.75) is 76.3 Å². The molecule has 126 valence electrons. The van der Waals surface area contributed by atoms with Gasteiger partial charge in [0.25, 0.3) is 0 Å². The predicted molar refractivity (Wildman–Crippen MR) is 89.8 cm³/mol. The Morgan fingerprint density at radius 3 is 2.64 bits per heavy atom. The van der Waals surface area contributed by atoms with Crippen LogP contribution in [0.2, 0.25) is 0 Å². The van der Waals surface area contributed by atoms with Crippen LogP contribution in [0, 0.1) is 5.92 Å². The molecule has 0 atom stereocenters. The summed E-state index contributed by atoms with van der Waals surface area (Å²) in [6, 6.07) is 0.425. The highest BCUT2D eigenvalue weighted by Gasteiger charge is 2.40. The van der Waals surface area contributed by atoms with Gasteiger partial charge in [-0.05, 0) is 44.4 Å². The van der Waals surface area contributed by atoms with Crippen molar-refractivity contribution < 1.29 is 4.79 Å². The van der Waals surface area contributed by atoms with Gasteiger partial charge in [0.15, 0.2) is 0 Å². The Morgan fingerprint density at radius 2 is 1.91 bits per heavy atom. The Balaban J connectivity index is 1.52. The van der Waals surface area contributed by atoms with E-state index in [0.717, 1.165) is 25.6 Å². The highest BCUT2D eigenvalue weighted by atomic mass is 16.2. The molecule has 0 aromatic heterocycles. The summed E-state index contributed by atoms with van der Waals surface area (Å²) in [6.45, 7) is 6.05. The third kappa shape index (κ3) is 3.83. The summed E-state index contributed by atoms with van der Waals surface area (Å²) in [6.07, 6.45) is 11.4. The molecular weight excluding hydrogens is 274 g/mol. The van der Waals surface area contributed by atoms with Gasteiger partial charge < -0.3 is 10.6 Å². The molecule has 4 heteroatoms. The monoisotopic (exact) mass is 307 g/mol. The molecule has 3 rings (SSSR count). The Bertz CT molecular complexity index is 362. The van der Waals surface area contributed by atoms with Gasteiger partial charge in [0.05, 0.1) is 6.54 Å². The molecule has 1 saturated heterocycles. The molecule has 1 amide bonds. The molecule has 2 saturated carbocycles. The highest BCUT2D eigenvalue weighted by Crippen LogP contribution is 2.34. The number of hydrogen-bond acceptors (Lipinski definition) is 3. The first-order valence-corrected chi connectivity index (χ1v) is 9.43. The van der Waals surface area contributed by atoms with E-state index in [1.54, 1.807) is 0 Å². The summed E-state index contributed by atoms with van der Waals surface area (Å²) in [7, 11) is 0. The summed E-state index contributed by atoms with van der Waals surface area (Å²) in [5, 5.41) is 6.87. The Hall–Kier alpha value is -0.610. The fraction of sp³-hybridized carbons (Fsp3) is 0.944. The van der Waals surface area contributed by atoms with Crippen molar-refractivity contribution in [2.24, 2.45) is 5.92 Å². The summed E-state index contributed by atoms with van der Waals surface area (Å²) in [5.74, 6) is 1.10. The minimum Gasteiger partial charge on any atom is -0.352 e. The molecule has 4 nitrogen and oxygen atoms in total. The molecule has 2 aliphatic carbocycles. The number of hydrogen-bond donors (Lipinski definition) is 2. The first-order valence-electron chi connectivity index (χ1n) is 9.43. The molecule has 2 N–H and O–H groups in total. The second-order valence-electron chi connectivity index (χ2n) is 7.91. The van der Waals surface area contributed by atoms with Gasteiger partial charge in [0.2, 0.25) is 5.91 Å². The zero-order chi connectivity index (χ0) is 15.4. The van der Waals surface area contributed by atoms with Gasteiger partial charge in [-0.2, -0.15) is 0 Å². The minimum atomic E-state index is 0.256. The SMILES string of the molecule is CC1CCC(NC(=O)CN2CCNCC23CCCCC3)CC1. The zero-order valence-corrected chi connectivity index (χ0v) is 14.2. The van der Waals surface area contributed by atoms with E-state index >= 15 is 0 Å². The van der Waals surface area contributed by atoms with E-state index in [1.807, 2.05) is 0 Å². The van der Waals surface area contributed by atoms with E-state index in [4.69, 9.17) is 0 Å². The second-order valence-corrected chi connectivity index (χ2v) is 7.91. The Kier molecular flexibility index (Phi) is 5.40. The van der Waals surface area contributed by atoms with Crippen molar-refractivity contribution >= 4 is 5.91 Å². The molecule has 1 aliphatic heterocycles. The summed E-state index contributed by atoms with van der Waals surface area (Å²) in [4.78, 5) is 15.0. The van der Waals surface area contributed by atoms with Crippen LogP contribution < -0.4 is 10.6 Å². The van der Waals surface area contributed by atoms with Crippen molar-refractivity contribution in [1.29, 1.82) is 0 Å². The van der Waals surface area contributed by atoms with Crippen LogP contribution in [0.5, 0.6) is 0 Å². The van der Waals surface area contributed by atoms with E-state index in [9.17, 15) is 4.79 Å². The first kappa shape index (κ1) is 16.3. The fourth-order valence-electron chi connectivity index (χ4n) is 4.68. The highest BCUT2D eigenvalue weighted by molar-refractivity contribution is 5.78. The molecule has 0 aromatic rings. The number of nitrogens with zero attached hydrogens (tertiary/aromatic N) is 1. The van der Waals surface area contributed by atoms with Crippen LogP contribution in [0.25, 0.3) is 0 Å². The van der Waals surface area contributed by atoms with Gasteiger partial charge in [-0.3, -0.25) is 9.69 Å². The van der Waals surface area contributed by atoms with Crippen LogP contribution >= 0.6 is 0 Å². The topological polar surface area (TPSA) is 44.4 Å². The normalized spacial score (nSPS) is 32.8. The lowest BCUT2D eigenvalue weighted by Gasteiger charge is -2.49. The van der Waals surface area contributed by atoms with Crippen molar-refractivity contribution in [1.82, 2.24) is 15.5 Å². The number of piperazine rings is 1. The standard InChI is InChI=1S/C18H33N3O/c1-15-5-7-16(8-6-15)20-17(22)13-21-12-11-19-14-18(21)9-3-2-4-10-18/h15-16,19H,2-14H2,1H3,(H,20,22). The lowest BCUT2D eigenvalue weighted by atomic mass is 9.79. The van der Waals surface area contributed by atoms with Crippen LogP contribution in [0.1, 0.15) is 64.7 Å². The summed E-state index contributed by atoms with van der Waals surface area (Å²) in [5.41, 5.74) is 0.259. The maximum atomic E-state index is 12.5. The smallest absolute Gasteiger partial charge is 0.234 e. The zero-order valence-electron chi connectivity index (χ0n) is 14.2. The number of rotatable bonds is 3. The molecule has 1 spiro atoms. The lowest BCUT2D eigenvalue weighted by Crippen LogP contribution is -2.63. The lowest BCUT2D eigenvalue weighted by molar-refractivity contribution is -0.126. The molecule has 22 heavy (non-hydrogen) atoms. The van der Waals surface area contributed by atoms with Gasteiger partial charge >= 0.3 is 0 Å². The van der Waals surface area contributed by atoms with Crippen LogP contribution in [0.3, 0.4) is 0 Å². The van der Waals surface area contributed by atoms with Gasteiger partial charge in [-0.1, -0.05) is 26.2 Å². The quantitative estimate of drug-likeness (QED) is 0.841. The van der Waals surface area contributed by atoms with Crippen LogP contribution in [-0.2, 0) is 4.79 Å². The maximum Gasteiger partial charge on any atom is 0.234 e. The molecule has 0 unspecified atom stereocenters. The number of carbonyl (C=O) groups excluding carboxylic acids is 1. The largest absolute Gasteiger partial charge is 0.352 e. The molecule has 3 aliphatic rings. The molecule has 3 fully saturated rings. The third-order valence-corrected chi connectivity index (χ3v) is 6.18. The maximum absolute atomic E-state index is 12.5. The summed E-state index contributed by atoms with van der Waals surface area (Å²) < 4.78 is 0. The molecule has 0 bridgehead atoms. The molecular formula is C18H33N3O. The fourth-order valence-corrected chi connectivity index (χ4v) is 4.68. The third-order valence-electron chi connectivity index (χ3n) is 6.18. The van der Waals surface area contributed by atoms with Crippen LogP contribution in [-0.4, -0.2) is 48.6 Å². The number of nitrogens with one attached hydrogen (secondary N) is 2. The average Bonchev–Trinajstić information content (AvgIpc) is 2.53. The van der Waals surface area contributed by atoms with Crippen molar-refractivity contribution in [3.05, 3.63) is 0 Å². The van der Waals surface area contributed by atoms with Crippen molar-refractivity contribution in [3.63, 3.8) is 0 Å². The van der Waals surface area contributed by atoms with Crippen molar-refractivity contribution in [2.75, 3.05) is 26.2 Å². The van der Waals surface area contributed by atoms with E-state index in [2.05, 4.69) is 22.5 Å². The second kappa shape index (κ2) is 7.31.